The van der Waals surface area contributed by atoms with Crippen molar-refractivity contribution in [2.45, 2.75) is 105 Å². The summed E-state index contributed by atoms with van der Waals surface area (Å²) in [4.78, 5) is 39.7. The van der Waals surface area contributed by atoms with Crippen molar-refractivity contribution in [2.24, 2.45) is 0 Å². The molecule has 1 aromatic rings. The standard InChI is InChI=1S/C27H42O6Si2/c1-13-18-14-21(29)25(33-35(11,12)27(6,7)8)22(23(18)30)24-17(2)20(28)15-19(32-24)16-31-34(9,10)26(3,4)5/h14-15H,13,16H2,1-12H3. The molecule has 6 nitrogen and oxygen atoms in total. The van der Waals surface area contributed by atoms with Gasteiger partial charge in [0.1, 0.15) is 17.1 Å². The Morgan fingerprint density at radius 3 is 1.94 bits per heavy atom. The first kappa shape index (κ1) is 29.2. The molecule has 1 aromatic heterocycles. The third kappa shape index (κ3) is 6.03. The van der Waals surface area contributed by atoms with Crippen LogP contribution in [0.1, 0.15) is 72.0 Å². The van der Waals surface area contributed by atoms with Crippen LogP contribution in [0.2, 0.25) is 36.3 Å². The Bertz CT molecular complexity index is 1140. The summed E-state index contributed by atoms with van der Waals surface area (Å²) in [6, 6.07) is 1.41. The largest absolute Gasteiger partial charge is 0.540 e. The first-order chi connectivity index (χ1) is 15.7. The number of allylic oxidation sites excluding steroid dienone is 3. The van der Waals surface area contributed by atoms with E-state index in [0.717, 1.165) is 0 Å². The van der Waals surface area contributed by atoms with E-state index in [1.165, 1.54) is 12.1 Å². The third-order valence-corrected chi connectivity index (χ3v) is 16.5. The second-order valence-electron chi connectivity index (χ2n) is 12.4. The predicted molar refractivity (Wildman–Crippen MR) is 145 cm³/mol. The fourth-order valence-corrected chi connectivity index (χ4v) is 4.99. The highest BCUT2D eigenvalue weighted by Crippen LogP contribution is 2.41. The van der Waals surface area contributed by atoms with Gasteiger partial charge in [0.05, 0.1) is 6.61 Å². The van der Waals surface area contributed by atoms with E-state index in [4.69, 9.17) is 13.3 Å². The van der Waals surface area contributed by atoms with Crippen molar-refractivity contribution in [2.75, 3.05) is 0 Å². The second kappa shape index (κ2) is 9.78. The summed E-state index contributed by atoms with van der Waals surface area (Å²) >= 11 is 0. The van der Waals surface area contributed by atoms with Gasteiger partial charge < -0.3 is 13.3 Å². The maximum atomic E-state index is 13.5. The molecular weight excluding hydrogens is 476 g/mol. The predicted octanol–water partition coefficient (Wildman–Crippen LogP) is 6.69. The average molecular weight is 519 g/mol. The minimum absolute atomic E-state index is 0.0138. The number of carbonyl (C=O) groups is 2. The van der Waals surface area contributed by atoms with Crippen molar-refractivity contribution in [3.8, 4) is 0 Å². The molecule has 0 unspecified atom stereocenters. The fraction of sp³-hybridized carbons (Fsp3) is 0.593. The molecule has 194 valence electrons. The average Bonchev–Trinajstić information content (AvgIpc) is 2.70. The number of carbonyl (C=O) groups excluding carboxylic acids is 2. The van der Waals surface area contributed by atoms with Crippen molar-refractivity contribution in [3.05, 3.63) is 50.8 Å². The van der Waals surface area contributed by atoms with Gasteiger partial charge in [0, 0.05) is 17.2 Å². The van der Waals surface area contributed by atoms with Crippen molar-refractivity contribution < 1.29 is 22.9 Å². The highest BCUT2D eigenvalue weighted by Gasteiger charge is 2.43. The number of ketones is 2. The van der Waals surface area contributed by atoms with E-state index < -0.39 is 16.6 Å². The molecule has 0 atom stereocenters. The molecule has 0 spiro atoms. The number of rotatable bonds is 7. The first-order valence-electron chi connectivity index (χ1n) is 12.2. The monoisotopic (exact) mass is 518 g/mol. The Balaban J connectivity index is 2.71. The molecule has 0 aliphatic heterocycles. The van der Waals surface area contributed by atoms with Gasteiger partial charge in [-0.3, -0.25) is 14.4 Å². The molecule has 0 radical (unpaired) electrons. The number of hydrogen-bond acceptors (Lipinski definition) is 6. The number of Topliss-reactive ketones (excluding diaryl/α,β-unsaturated/α-hetero) is 1. The SMILES string of the molecule is CCC1=CC(=O)C(O[Si](C)(C)C(C)(C)C)=C(c2oc(CO[Si](C)(C)C(C)(C)C)cc(=O)c2C)C1=O. The van der Waals surface area contributed by atoms with E-state index in [1.807, 2.05) is 20.0 Å². The van der Waals surface area contributed by atoms with Gasteiger partial charge in [0.2, 0.25) is 5.78 Å². The normalized spacial score (nSPS) is 16.1. The molecule has 1 aliphatic carbocycles. The van der Waals surface area contributed by atoms with Crippen molar-refractivity contribution in [3.63, 3.8) is 0 Å². The lowest BCUT2D eigenvalue weighted by Gasteiger charge is -2.38. The quantitative estimate of drug-likeness (QED) is 0.295. The van der Waals surface area contributed by atoms with Crippen LogP contribution in [0, 0.1) is 6.92 Å². The first-order valence-corrected chi connectivity index (χ1v) is 18.1. The van der Waals surface area contributed by atoms with E-state index in [9.17, 15) is 14.4 Å². The summed E-state index contributed by atoms with van der Waals surface area (Å²) in [5.74, 6) is -0.307. The van der Waals surface area contributed by atoms with Gasteiger partial charge >= 0.3 is 0 Å². The Morgan fingerprint density at radius 2 is 1.46 bits per heavy atom. The van der Waals surface area contributed by atoms with Gasteiger partial charge in [-0.2, -0.15) is 0 Å². The van der Waals surface area contributed by atoms with Crippen LogP contribution in [0.5, 0.6) is 0 Å². The highest BCUT2D eigenvalue weighted by molar-refractivity contribution is 6.75. The van der Waals surface area contributed by atoms with Crippen LogP contribution in [0.25, 0.3) is 5.57 Å². The van der Waals surface area contributed by atoms with Crippen molar-refractivity contribution >= 4 is 33.8 Å². The van der Waals surface area contributed by atoms with Gasteiger partial charge in [-0.25, -0.2) is 0 Å². The summed E-state index contributed by atoms with van der Waals surface area (Å²) in [5.41, 5.74) is 0.415. The van der Waals surface area contributed by atoms with Crippen LogP contribution in [-0.4, -0.2) is 28.2 Å². The van der Waals surface area contributed by atoms with Crippen molar-refractivity contribution in [1.82, 2.24) is 0 Å². The molecule has 0 saturated heterocycles. The molecule has 2 rings (SSSR count). The molecule has 1 heterocycles. The summed E-state index contributed by atoms with van der Waals surface area (Å²) in [7, 11) is -4.58. The van der Waals surface area contributed by atoms with Gasteiger partial charge in [-0.1, -0.05) is 48.5 Å². The maximum absolute atomic E-state index is 13.5. The smallest absolute Gasteiger partial charge is 0.250 e. The molecule has 0 aromatic carbocycles. The van der Waals surface area contributed by atoms with Crippen LogP contribution in [0.3, 0.4) is 0 Å². The molecule has 8 heteroatoms. The minimum Gasteiger partial charge on any atom is -0.540 e. The lowest BCUT2D eigenvalue weighted by Crippen LogP contribution is -2.42. The van der Waals surface area contributed by atoms with Crippen molar-refractivity contribution in [1.29, 1.82) is 0 Å². The second-order valence-corrected chi connectivity index (χ2v) is 21.9. The van der Waals surface area contributed by atoms with Crippen LogP contribution in [0.4, 0.5) is 0 Å². The van der Waals surface area contributed by atoms with Gasteiger partial charge in [-0.05, 0) is 55.7 Å². The maximum Gasteiger partial charge on any atom is 0.250 e. The molecule has 0 amide bonds. The van der Waals surface area contributed by atoms with E-state index in [-0.39, 0.29) is 56.3 Å². The molecule has 0 saturated carbocycles. The third-order valence-electron chi connectivity index (χ3n) is 7.66. The summed E-state index contributed by atoms with van der Waals surface area (Å²) < 4.78 is 18.8. The van der Waals surface area contributed by atoms with Gasteiger partial charge in [0.15, 0.2) is 25.3 Å². The Hall–Kier alpha value is -2.04. The molecule has 0 N–H and O–H groups in total. The van der Waals surface area contributed by atoms with E-state index in [1.54, 1.807) is 6.92 Å². The Morgan fingerprint density at radius 1 is 0.914 bits per heavy atom. The van der Waals surface area contributed by atoms with Crippen LogP contribution < -0.4 is 5.43 Å². The zero-order valence-electron chi connectivity index (χ0n) is 23.5. The lowest BCUT2D eigenvalue weighted by atomic mass is 9.90. The molecule has 35 heavy (non-hydrogen) atoms. The highest BCUT2D eigenvalue weighted by atomic mass is 28.4. The van der Waals surface area contributed by atoms with Crippen LogP contribution in [0.15, 0.2) is 32.7 Å². The van der Waals surface area contributed by atoms with Crippen LogP contribution in [-0.2, 0) is 25.0 Å². The zero-order chi connectivity index (χ0) is 27.1. The fourth-order valence-electron chi connectivity index (χ4n) is 3.04. The molecule has 1 aliphatic rings. The van der Waals surface area contributed by atoms with Crippen LogP contribution >= 0.6 is 0 Å². The summed E-state index contributed by atoms with van der Waals surface area (Å²) in [5, 5.41) is -0.210. The van der Waals surface area contributed by atoms with Gasteiger partial charge in [-0.15, -0.1) is 0 Å². The van der Waals surface area contributed by atoms with Gasteiger partial charge in [0.25, 0.3) is 8.32 Å². The minimum atomic E-state index is -2.48. The molecule has 0 fully saturated rings. The Labute approximate surface area is 212 Å². The lowest BCUT2D eigenvalue weighted by molar-refractivity contribution is -0.116. The number of hydrogen-bond donors (Lipinski definition) is 0. The van der Waals surface area contributed by atoms with E-state index in [0.29, 0.717) is 17.8 Å². The molecule has 0 bridgehead atoms. The summed E-state index contributed by atoms with van der Waals surface area (Å²) in [6.07, 6.45) is 1.74. The Kier molecular flexibility index (Phi) is 8.16. The zero-order valence-corrected chi connectivity index (χ0v) is 25.5. The topological polar surface area (TPSA) is 82.8 Å². The van der Waals surface area contributed by atoms with E-state index >= 15 is 0 Å². The molecular formula is C27H42O6Si2. The van der Waals surface area contributed by atoms with E-state index in [2.05, 4.69) is 54.6 Å². The summed E-state index contributed by atoms with van der Waals surface area (Å²) in [6.45, 7) is 24.4.